The number of nitrogens with one attached hydrogen (secondary N) is 1. The standard InChI is InChI=1S/C25H26N4O9S2/c1-37-24-12-11-22(39(33,34)27-13-15-38-16-14-27)17-23(24)26-25(30)18-28(19-7-9-20(10-8-19)29(31)32)40(35,36)21-5-3-2-4-6-21/h2-12,17H,13-16,18H2,1H3,(H,26,30). The van der Waals surface area contributed by atoms with Gasteiger partial charge in [0.25, 0.3) is 15.7 Å². The number of amides is 1. The zero-order chi connectivity index (χ0) is 28.9. The number of methoxy groups -OCH3 is 1. The van der Waals surface area contributed by atoms with E-state index < -0.39 is 37.4 Å². The normalized spacial score (nSPS) is 14.3. The molecular formula is C25H26N4O9S2. The smallest absolute Gasteiger partial charge is 0.269 e. The maximum absolute atomic E-state index is 13.5. The second-order valence-electron chi connectivity index (χ2n) is 8.52. The predicted molar refractivity (Wildman–Crippen MR) is 145 cm³/mol. The van der Waals surface area contributed by atoms with Crippen LogP contribution in [-0.4, -0.2) is 71.9 Å². The highest BCUT2D eigenvalue weighted by Gasteiger charge is 2.30. The van der Waals surface area contributed by atoms with Crippen LogP contribution in [0.1, 0.15) is 0 Å². The van der Waals surface area contributed by atoms with Crippen LogP contribution in [0.15, 0.2) is 82.6 Å². The van der Waals surface area contributed by atoms with Crippen LogP contribution in [0.25, 0.3) is 0 Å². The fourth-order valence-electron chi connectivity index (χ4n) is 3.98. The molecular weight excluding hydrogens is 564 g/mol. The summed E-state index contributed by atoms with van der Waals surface area (Å²) in [7, 11) is -6.84. The van der Waals surface area contributed by atoms with E-state index in [1.165, 1.54) is 66.0 Å². The third-order valence-electron chi connectivity index (χ3n) is 6.02. The fraction of sp³-hybridized carbons (Fsp3) is 0.240. The lowest BCUT2D eigenvalue weighted by molar-refractivity contribution is -0.384. The molecule has 1 aliphatic rings. The van der Waals surface area contributed by atoms with Crippen LogP contribution in [-0.2, 0) is 29.6 Å². The Bertz CT molecular complexity index is 1590. The Morgan fingerprint density at radius 1 is 1.00 bits per heavy atom. The van der Waals surface area contributed by atoms with Gasteiger partial charge in [-0.3, -0.25) is 19.2 Å². The molecule has 1 saturated heterocycles. The van der Waals surface area contributed by atoms with Gasteiger partial charge < -0.3 is 14.8 Å². The van der Waals surface area contributed by atoms with Crippen LogP contribution in [0.3, 0.4) is 0 Å². The van der Waals surface area contributed by atoms with Crippen molar-refractivity contribution in [2.75, 3.05) is 49.6 Å². The van der Waals surface area contributed by atoms with Gasteiger partial charge in [0.1, 0.15) is 12.3 Å². The second kappa shape index (κ2) is 12.0. The predicted octanol–water partition coefficient (Wildman–Crippen LogP) is 2.46. The number of hydrogen-bond acceptors (Lipinski definition) is 9. The number of rotatable bonds is 10. The average Bonchev–Trinajstić information content (AvgIpc) is 2.96. The van der Waals surface area contributed by atoms with Gasteiger partial charge in [-0.2, -0.15) is 4.31 Å². The highest BCUT2D eigenvalue weighted by molar-refractivity contribution is 7.92. The van der Waals surface area contributed by atoms with E-state index in [1.807, 2.05) is 0 Å². The zero-order valence-corrected chi connectivity index (χ0v) is 22.9. The van der Waals surface area contributed by atoms with E-state index in [2.05, 4.69) is 5.32 Å². The molecule has 1 amide bonds. The topological polar surface area (TPSA) is 165 Å². The number of sulfonamides is 2. The molecule has 1 fully saturated rings. The quantitative estimate of drug-likeness (QED) is 0.276. The number of carbonyl (C=O) groups is 1. The number of non-ortho nitro benzene ring substituents is 1. The number of nitro benzene ring substituents is 1. The van der Waals surface area contributed by atoms with Crippen LogP contribution in [0.2, 0.25) is 0 Å². The summed E-state index contributed by atoms with van der Waals surface area (Å²) in [5.41, 5.74) is -0.226. The van der Waals surface area contributed by atoms with Gasteiger partial charge in [0, 0.05) is 25.2 Å². The number of anilines is 2. The molecule has 15 heteroatoms. The van der Waals surface area contributed by atoms with Crippen molar-refractivity contribution >= 4 is 43.0 Å². The molecule has 0 atom stereocenters. The average molecular weight is 591 g/mol. The van der Waals surface area contributed by atoms with Gasteiger partial charge in [-0.05, 0) is 42.5 Å². The summed E-state index contributed by atoms with van der Waals surface area (Å²) in [6.45, 7) is 0.147. The van der Waals surface area contributed by atoms with Crippen molar-refractivity contribution in [1.82, 2.24) is 4.31 Å². The SMILES string of the molecule is COc1ccc(S(=O)(=O)N2CCOCC2)cc1NC(=O)CN(c1ccc([N+](=O)[O-])cc1)S(=O)(=O)c1ccccc1. The minimum Gasteiger partial charge on any atom is -0.495 e. The van der Waals surface area contributed by atoms with Gasteiger partial charge in [-0.15, -0.1) is 0 Å². The number of ether oxygens (including phenoxy) is 2. The van der Waals surface area contributed by atoms with E-state index in [0.29, 0.717) is 0 Å². The monoisotopic (exact) mass is 590 g/mol. The molecule has 1 N–H and O–H groups in total. The third-order valence-corrected chi connectivity index (χ3v) is 9.70. The number of benzene rings is 3. The largest absolute Gasteiger partial charge is 0.495 e. The Morgan fingerprint density at radius 2 is 1.65 bits per heavy atom. The van der Waals surface area contributed by atoms with Crippen molar-refractivity contribution in [1.29, 1.82) is 0 Å². The molecule has 3 aromatic rings. The second-order valence-corrected chi connectivity index (χ2v) is 12.3. The first-order valence-electron chi connectivity index (χ1n) is 11.9. The van der Waals surface area contributed by atoms with Crippen molar-refractivity contribution < 1.29 is 36.0 Å². The molecule has 0 radical (unpaired) electrons. The van der Waals surface area contributed by atoms with E-state index in [-0.39, 0.29) is 58.9 Å². The van der Waals surface area contributed by atoms with E-state index >= 15 is 0 Å². The van der Waals surface area contributed by atoms with Crippen molar-refractivity contribution in [3.05, 3.63) is 82.9 Å². The third kappa shape index (κ3) is 6.22. The number of carbonyl (C=O) groups excluding carboxylic acids is 1. The Labute approximate surface area is 231 Å². The highest BCUT2D eigenvalue weighted by Crippen LogP contribution is 2.30. The lowest BCUT2D eigenvalue weighted by atomic mass is 10.2. The van der Waals surface area contributed by atoms with Crippen LogP contribution in [0.5, 0.6) is 5.75 Å². The van der Waals surface area contributed by atoms with E-state index in [0.717, 1.165) is 16.4 Å². The van der Waals surface area contributed by atoms with E-state index in [9.17, 15) is 31.7 Å². The van der Waals surface area contributed by atoms with Gasteiger partial charge in [0.15, 0.2) is 0 Å². The van der Waals surface area contributed by atoms with Gasteiger partial charge >= 0.3 is 0 Å². The summed E-state index contributed by atoms with van der Waals surface area (Å²) in [5, 5.41) is 13.6. The first kappa shape index (κ1) is 28.9. The molecule has 212 valence electrons. The maximum atomic E-state index is 13.5. The zero-order valence-electron chi connectivity index (χ0n) is 21.3. The summed E-state index contributed by atoms with van der Waals surface area (Å²) in [6.07, 6.45) is 0. The Hall–Kier alpha value is -4.05. The Morgan fingerprint density at radius 3 is 2.25 bits per heavy atom. The molecule has 0 saturated carbocycles. The molecule has 4 rings (SSSR count). The maximum Gasteiger partial charge on any atom is 0.269 e. The van der Waals surface area contributed by atoms with Gasteiger partial charge in [0.2, 0.25) is 15.9 Å². The van der Waals surface area contributed by atoms with Gasteiger partial charge in [0.05, 0.1) is 46.4 Å². The van der Waals surface area contributed by atoms with Crippen molar-refractivity contribution in [2.24, 2.45) is 0 Å². The van der Waals surface area contributed by atoms with Crippen LogP contribution in [0, 0.1) is 10.1 Å². The van der Waals surface area contributed by atoms with Crippen LogP contribution >= 0.6 is 0 Å². The molecule has 3 aromatic carbocycles. The van der Waals surface area contributed by atoms with Gasteiger partial charge in [-0.25, -0.2) is 16.8 Å². The van der Waals surface area contributed by atoms with Crippen LogP contribution in [0.4, 0.5) is 17.1 Å². The highest BCUT2D eigenvalue weighted by atomic mass is 32.2. The van der Waals surface area contributed by atoms with Crippen molar-refractivity contribution in [2.45, 2.75) is 9.79 Å². The fourth-order valence-corrected chi connectivity index (χ4v) is 6.85. The molecule has 1 aliphatic heterocycles. The van der Waals surface area contributed by atoms with Crippen molar-refractivity contribution in [3.63, 3.8) is 0 Å². The summed E-state index contributed by atoms with van der Waals surface area (Å²) in [6, 6.07) is 16.1. The minimum absolute atomic E-state index is 0.0141. The summed E-state index contributed by atoms with van der Waals surface area (Å²) >= 11 is 0. The number of nitrogens with zero attached hydrogens (tertiary/aromatic N) is 3. The van der Waals surface area contributed by atoms with E-state index in [4.69, 9.17) is 9.47 Å². The molecule has 0 bridgehead atoms. The first-order valence-corrected chi connectivity index (χ1v) is 14.8. The number of hydrogen-bond donors (Lipinski definition) is 1. The van der Waals surface area contributed by atoms with Crippen LogP contribution < -0.4 is 14.4 Å². The molecule has 40 heavy (non-hydrogen) atoms. The summed E-state index contributed by atoms with van der Waals surface area (Å²) in [4.78, 5) is 23.5. The first-order chi connectivity index (χ1) is 19.0. The van der Waals surface area contributed by atoms with E-state index in [1.54, 1.807) is 6.07 Å². The molecule has 0 spiro atoms. The lowest BCUT2D eigenvalue weighted by Crippen LogP contribution is -2.40. The molecule has 0 aliphatic carbocycles. The Kier molecular flexibility index (Phi) is 8.68. The minimum atomic E-state index is -4.28. The number of morpholine rings is 1. The van der Waals surface area contributed by atoms with Crippen molar-refractivity contribution in [3.8, 4) is 5.75 Å². The molecule has 1 heterocycles. The summed E-state index contributed by atoms with van der Waals surface area (Å²) in [5.74, 6) is -0.654. The Balaban J connectivity index is 1.65. The summed E-state index contributed by atoms with van der Waals surface area (Å²) < 4.78 is 65.9. The van der Waals surface area contributed by atoms with Gasteiger partial charge in [-0.1, -0.05) is 18.2 Å². The molecule has 13 nitrogen and oxygen atoms in total. The lowest BCUT2D eigenvalue weighted by Gasteiger charge is -2.26. The number of nitro groups is 1. The molecule has 0 aromatic heterocycles. The molecule has 0 unspecified atom stereocenters.